The third-order valence-electron chi connectivity index (χ3n) is 4.55. The number of carbonyl (C=O) groups excluding carboxylic acids is 2. The number of nitrogens with zero attached hydrogens (tertiary/aromatic N) is 2. The van der Waals surface area contributed by atoms with Crippen molar-refractivity contribution in [3.05, 3.63) is 33.8 Å². The Kier molecular flexibility index (Phi) is 8.21. The van der Waals surface area contributed by atoms with Crippen molar-refractivity contribution in [1.82, 2.24) is 9.80 Å². The number of amides is 2. The second-order valence-corrected chi connectivity index (χ2v) is 8.19. The lowest BCUT2D eigenvalue weighted by molar-refractivity contribution is -0.135. The molecule has 1 unspecified atom stereocenters. The predicted molar refractivity (Wildman–Crippen MR) is 108 cm³/mol. The average Bonchev–Trinajstić information content (AvgIpc) is 3.04. The first-order chi connectivity index (χ1) is 11.7. The highest BCUT2D eigenvalue weighted by Gasteiger charge is 2.37. The number of nitrogens with two attached hydrogens (primary N) is 1. The normalized spacial score (nSPS) is 17.0. The molecule has 2 amide bonds. The topological polar surface area (TPSA) is 66.6 Å². The molecule has 0 aromatic heterocycles. The van der Waals surface area contributed by atoms with E-state index in [1.165, 1.54) is 0 Å². The largest absolute Gasteiger partial charge is 0.343 e. The number of hydrogen-bond acceptors (Lipinski definition) is 3. The van der Waals surface area contributed by atoms with Crippen LogP contribution in [0.15, 0.2) is 18.2 Å². The molecule has 1 aromatic rings. The number of carbonyl (C=O) groups is 2. The predicted octanol–water partition coefficient (Wildman–Crippen LogP) is 3.46. The van der Waals surface area contributed by atoms with E-state index < -0.39 is 6.04 Å². The Balaban J connectivity index is 0.00000338. The number of rotatable bonds is 5. The van der Waals surface area contributed by atoms with Gasteiger partial charge in [-0.25, -0.2) is 0 Å². The van der Waals surface area contributed by atoms with Crippen molar-refractivity contribution in [2.45, 2.75) is 32.7 Å². The molecule has 1 saturated heterocycles. The van der Waals surface area contributed by atoms with Crippen molar-refractivity contribution in [1.29, 1.82) is 0 Å². The SMILES string of the molecule is CN(CC(C)(C)CN)C(=O)C1CCCN1C(=O)c1cc(Cl)ccc1Cl.Cl. The van der Waals surface area contributed by atoms with Gasteiger partial charge < -0.3 is 15.5 Å². The summed E-state index contributed by atoms with van der Waals surface area (Å²) in [4.78, 5) is 29.0. The van der Waals surface area contributed by atoms with Crippen molar-refractivity contribution in [2.24, 2.45) is 11.1 Å². The maximum absolute atomic E-state index is 12.9. The monoisotopic (exact) mass is 421 g/mol. The second-order valence-electron chi connectivity index (χ2n) is 7.34. The molecule has 1 fully saturated rings. The number of benzene rings is 1. The summed E-state index contributed by atoms with van der Waals surface area (Å²) in [6.45, 7) is 5.58. The summed E-state index contributed by atoms with van der Waals surface area (Å²) >= 11 is 12.1. The van der Waals surface area contributed by atoms with Crippen molar-refractivity contribution in [3.63, 3.8) is 0 Å². The molecule has 0 spiro atoms. The van der Waals surface area contributed by atoms with Gasteiger partial charge in [-0.3, -0.25) is 9.59 Å². The first kappa shape index (κ1) is 23.0. The van der Waals surface area contributed by atoms with Gasteiger partial charge in [0.15, 0.2) is 0 Å². The summed E-state index contributed by atoms with van der Waals surface area (Å²) in [5, 5.41) is 0.779. The number of likely N-dealkylation sites (N-methyl/N-ethyl adjacent to an activating group) is 1. The highest BCUT2D eigenvalue weighted by Crippen LogP contribution is 2.27. The van der Waals surface area contributed by atoms with Gasteiger partial charge in [0.25, 0.3) is 5.91 Å². The first-order valence-corrected chi connectivity index (χ1v) is 9.13. The van der Waals surface area contributed by atoms with Gasteiger partial charge in [0.05, 0.1) is 10.6 Å². The van der Waals surface area contributed by atoms with Gasteiger partial charge in [-0.2, -0.15) is 0 Å². The third kappa shape index (κ3) is 5.26. The van der Waals surface area contributed by atoms with Gasteiger partial charge in [0.2, 0.25) is 5.91 Å². The first-order valence-electron chi connectivity index (χ1n) is 8.37. The average molecular weight is 423 g/mol. The van der Waals surface area contributed by atoms with Crippen LogP contribution in [-0.4, -0.2) is 54.3 Å². The van der Waals surface area contributed by atoms with Crippen LogP contribution in [0, 0.1) is 5.41 Å². The minimum absolute atomic E-state index is 0. The summed E-state index contributed by atoms with van der Waals surface area (Å²) in [5.41, 5.74) is 5.92. The Morgan fingerprint density at radius 3 is 2.62 bits per heavy atom. The molecule has 5 nitrogen and oxygen atoms in total. The molecule has 0 aliphatic carbocycles. The lowest BCUT2D eigenvalue weighted by atomic mass is 9.93. The summed E-state index contributed by atoms with van der Waals surface area (Å²) in [5.74, 6) is -0.319. The molecule has 1 heterocycles. The Bertz CT molecular complexity index is 667. The molecule has 0 bridgehead atoms. The van der Waals surface area contributed by atoms with Crippen molar-refractivity contribution < 1.29 is 9.59 Å². The minimum atomic E-state index is -0.471. The summed E-state index contributed by atoms with van der Waals surface area (Å²) in [6, 6.07) is 4.31. The molecule has 2 rings (SSSR count). The minimum Gasteiger partial charge on any atom is -0.343 e. The van der Waals surface area contributed by atoms with E-state index in [4.69, 9.17) is 28.9 Å². The van der Waals surface area contributed by atoms with E-state index in [2.05, 4.69) is 0 Å². The van der Waals surface area contributed by atoms with Crippen LogP contribution in [0.3, 0.4) is 0 Å². The Morgan fingerprint density at radius 1 is 1.35 bits per heavy atom. The molecule has 8 heteroatoms. The summed E-state index contributed by atoms with van der Waals surface area (Å²) in [6.07, 6.45) is 1.44. The van der Waals surface area contributed by atoms with Crippen LogP contribution in [0.25, 0.3) is 0 Å². The van der Waals surface area contributed by atoms with E-state index in [9.17, 15) is 9.59 Å². The second kappa shape index (κ2) is 9.27. The fourth-order valence-electron chi connectivity index (χ4n) is 3.12. The van der Waals surface area contributed by atoms with Gasteiger partial charge in [-0.15, -0.1) is 12.4 Å². The zero-order chi connectivity index (χ0) is 18.8. The standard InChI is InChI=1S/C18H25Cl2N3O2.ClH/c1-18(2,10-21)11-22(3)17(25)15-5-4-8-23(15)16(24)13-9-12(19)6-7-14(13)20;/h6-7,9,15H,4-5,8,10-11,21H2,1-3H3;1H. The van der Waals surface area contributed by atoms with Gasteiger partial charge >= 0.3 is 0 Å². The van der Waals surface area contributed by atoms with Gasteiger partial charge in [0.1, 0.15) is 6.04 Å². The number of likely N-dealkylation sites (tertiary alicyclic amines) is 1. The van der Waals surface area contributed by atoms with E-state index in [1.807, 2.05) is 13.8 Å². The number of halogens is 3. The van der Waals surface area contributed by atoms with Crippen LogP contribution in [0.5, 0.6) is 0 Å². The molecule has 2 N–H and O–H groups in total. The molecule has 0 saturated carbocycles. The fraction of sp³-hybridized carbons (Fsp3) is 0.556. The molecule has 26 heavy (non-hydrogen) atoms. The molecule has 0 radical (unpaired) electrons. The smallest absolute Gasteiger partial charge is 0.256 e. The Hall–Kier alpha value is -1.01. The maximum atomic E-state index is 12.9. The molecule has 1 aliphatic rings. The summed E-state index contributed by atoms with van der Waals surface area (Å²) in [7, 11) is 1.76. The molecule has 146 valence electrons. The van der Waals surface area contributed by atoms with Crippen LogP contribution in [0.4, 0.5) is 0 Å². The van der Waals surface area contributed by atoms with E-state index in [0.717, 1.165) is 6.42 Å². The zero-order valence-corrected chi connectivity index (χ0v) is 17.6. The van der Waals surface area contributed by atoms with Crippen LogP contribution in [0.1, 0.15) is 37.0 Å². The molecule has 1 aromatic carbocycles. The lowest BCUT2D eigenvalue weighted by Crippen LogP contribution is -2.49. The fourth-order valence-corrected chi connectivity index (χ4v) is 3.49. The Morgan fingerprint density at radius 2 is 2.00 bits per heavy atom. The molecule has 1 aliphatic heterocycles. The lowest BCUT2D eigenvalue weighted by Gasteiger charge is -2.33. The highest BCUT2D eigenvalue weighted by atomic mass is 35.5. The van der Waals surface area contributed by atoms with Gasteiger partial charge in [0, 0.05) is 25.2 Å². The number of hydrogen-bond donors (Lipinski definition) is 1. The Labute approximate surface area is 171 Å². The van der Waals surface area contributed by atoms with Crippen molar-refractivity contribution >= 4 is 47.4 Å². The molecular formula is C18H26Cl3N3O2. The van der Waals surface area contributed by atoms with Crippen LogP contribution in [0.2, 0.25) is 10.0 Å². The van der Waals surface area contributed by atoms with E-state index in [-0.39, 0.29) is 29.6 Å². The molecular weight excluding hydrogens is 397 g/mol. The van der Waals surface area contributed by atoms with E-state index in [1.54, 1.807) is 35.0 Å². The van der Waals surface area contributed by atoms with Gasteiger partial charge in [-0.1, -0.05) is 37.0 Å². The third-order valence-corrected chi connectivity index (χ3v) is 5.12. The van der Waals surface area contributed by atoms with Crippen LogP contribution in [-0.2, 0) is 4.79 Å². The maximum Gasteiger partial charge on any atom is 0.256 e. The van der Waals surface area contributed by atoms with E-state index in [0.29, 0.717) is 41.7 Å². The highest BCUT2D eigenvalue weighted by molar-refractivity contribution is 6.35. The zero-order valence-electron chi connectivity index (χ0n) is 15.3. The van der Waals surface area contributed by atoms with Crippen molar-refractivity contribution in [3.8, 4) is 0 Å². The van der Waals surface area contributed by atoms with Crippen molar-refractivity contribution in [2.75, 3.05) is 26.7 Å². The quantitative estimate of drug-likeness (QED) is 0.790. The van der Waals surface area contributed by atoms with Crippen LogP contribution < -0.4 is 5.73 Å². The van der Waals surface area contributed by atoms with Gasteiger partial charge in [-0.05, 0) is 43.0 Å². The van der Waals surface area contributed by atoms with E-state index >= 15 is 0 Å². The summed E-state index contributed by atoms with van der Waals surface area (Å²) < 4.78 is 0. The van der Waals surface area contributed by atoms with Crippen LogP contribution >= 0.6 is 35.6 Å². The molecule has 1 atom stereocenters.